The molecule has 2 aromatic carbocycles. The number of hydrogen-bond donors (Lipinski definition) is 2. The van der Waals surface area contributed by atoms with Crippen LogP contribution in [-0.2, 0) is 11.0 Å². The summed E-state index contributed by atoms with van der Waals surface area (Å²) >= 11 is 0. The van der Waals surface area contributed by atoms with Crippen molar-refractivity contribution in [1.82, 2.24) is 0 Å². The van der Waals surface area contributed by atoms with Crippen LogP contribution in [0.2, 0.25) is 0 Å². The first kappa shape index (κ1) is 19.3. The normalized spacial score (nSPS) is 11.1. The fourth-order valence-corrected chi connectivity index (χ4v) is 2.22. The van der Waals surface area contributed by atoms with Crippen LogP contribution < -0.4 is 10.1 Å². The molecule has 2 N–H and O–H groups in total. The number of halogens is 3. The van der Waals surface area contributed by atoms with Crippen molar-refractivity contribution in [3.63, 3.8) is 0 Å². The zero-order chi connectivity index (χ0) is 19.5. The van der Waals surface area contributed by atoms with E-state index in [4.69, 9.17) is 4.74 Å². The summed E-state index contributed by atoms with van der Waals surface area (Å²) in [5.74, 6) is -1.70. The standard InChI is InChI=1S/C18H16F3NO4/c1-3-16(23)22-15-5-4-12(9-14(15)17(24)25)26-13-7-10(2)6-11(8-13)18(19,20)21/h4-9H,3H2,1-2H3,(H,22,23)(H,24,25). The van der Waals surface area contributed by atoms with E-state index in [1.54, 1.807) is 6.92 Å². The van der Waals surface area contributed by atoms with Crippen LogP contribution in [0.25, 0.3) is 0 Å². The highest BCUT2D eigenvalue weighted by molar-refractivity contribution is 6.00. The van der Waals surface area contributed by atoms with Crippen molar-refractivity contribution < 1.29 is 32.6 Å². The number of aromatic carboxylic acids is 1. The molecule has 0 radical (unpaired) electrons. The van der Waals surface area contributed by atoms with E-state index in [0.717, 1.165) is 18.2 Å². The van der Waals surface area contributed by atoms with Crippen molar-refractivity contribution in [2.75, 3.05) is 5.32 Å². The number of rotatable bonds is 5. The minimum absolute atomic E-state index is 0.0376. The van der Waals surface area contributed by atoms with Gasteiger partial charge in [0.05, 0.1) is 16.8 Å². The van der Waals surface area contributed by atoms with Crippen molar-refractivity contribution in [3.8, 4) is 11.5 Å². The number of amides is 1. The van der Waals surface area contributed by atoms with E-state index in [1.165, 1.54) is 25.1 Å². The molecule has 138 valence electrons. The third kappa shape index (κ3) is 4.75. The van der Waals surface area contributed by atoms with Gasteiger partial charge in [-0.3, -0.25) is 4.79 Å². The molecule has 2 rings (SSSR count). The molecule has 0 saturated carbocycles. The third-order valence-electron chi connectivity index (χ3n) is 3.43. The van der Waals surface area contributed by atoms with Gasteiger partial charge in [0, 0.05) is 6.42 Å². The van der Waals surface area contributed by atoms with Gasteiger partial charge in [-0.2, -0.15) is 13.2 Å². The number of nitrogens with one attached hydrogen (secondary N) is 1. The second-order valence-corrected chi connectivity index (χ2v) is 5.55. The molecule has 2 aromatic rings. The molecule has 0 aliphatic carbocycles. The fourth-order valence-electron chi connectivity index (χ4n) is 2.22. The van der Waals surface area contributed by atoms with Crippen molar-refractivity contribution in [3.05, 3.63) is 53.1 Å². The third-order valence-corrected chi connectivity index (χ3v) is 3.43. The molecular weight excluding hydrogens is 351 g/mol. The predicted molar refractivity (Wildman–Crippen MR) is 88.6 cm³/mol. The summed E-state index contributed by atoms with van der Waals surface area (Å²) in [6, 6.07) is 7.06. The number of anilines is 1. The summed E-state index contributed by atoms with van der Waals surface area (Å²) in [4.78, 5) is 22.8. The monoisotopic (exact) mass is 367 g/mol. The molecule has 0 aliphatic heterocycles. The number of carboxylic acids is 1. The first-order valence-electron chi connectivity index (χ1n) is 7.64. The molecule has 0 spiro atoms. The molecule has 26 heavy (non-hydrogen) atoms. The second-order valence-electron chi connectivity index (χ2n) is 5.55. The van der Waals surface area contributed by atoms with E-state index >= 15 is 0 Å². The minimum atomic E-state index is -4.52. The van der Waals surface area contributed by atoms with Crippen LogP contribution in [0.5, 0.6) is 11.5 Å². The molecule has 0 atom stereocenters. The number of carboxylic acid groups (broad SMARTS) is 1. The van der Waals surface area contributed by atoms with Crippen molar-refractivity contribution >= 4 is 17.6 Å². The minimum Gasteiger partial charge on any atom is -0.478 e. The Morgan fingerprint density at radius 3 is 2.38 bits per heavy atom. The molecule has 0 fully saturated rings. The number of carbonyl (C=O) groups excluding carboxylic acids is 1. The van der Waals surface area contributed by atoms with Crippen molar-refractivity contribution in [2.45, 2.75) is 26.4 Å². The van der Waals surface area contributed by atoms with Gasteiger partial charge < -0.3 is 15.2 Å². The van der Waals surface area contributed by atoms with E-state index in [2.05, 4.69) is 5.32 Å². The summed E-state index contributed by atoms with van der Waals surface area (Å²) in [5, 5.41) is 11.7. The van der Waals surface area contributed by atoms with Gasteiger partial charge in [0.2, 0.25) is 5.91 Å². The average Bonchev–Trinajstić information content (AvgIpc) is 2.54. The van der Waals surface area contributed by atoms with Gasteiger partial charge in [0.1, 0.15) is 11.5 Å². The summed E-state index contributed by atoms with van der Waals surface area (Å²) < 4.78 is 44.1. The largest absolute Gasteiger partial charge is 0.478 e. The van der Waals surface area contributed by atoms with E-state index < -0.39 is 17.7 Å². The molecule has 5 nitrogen and oxygen atoms in total. The molecule has 0 aromatic heterocycles. The lowest BCUT2D eigenvalue weighted by molar-refractivity contribution is -0.137. The highest BCUT2D eigenvalue weighted by Gasteiger charge is 2.31. The topological polar surface area (TPSA) is 75.6 Å². The molecule has 8 heteroatoms. The Balaban J connectivity index is 2.36. The van der Waals surface area contributed by atoms with E-state index in [1.807, 2.05) is 0 Å². The van der Waals surface area contributed by atoms with Crippen LogP contribution in [0.4, 0.5) is 18.9 Å². The number of ether oxygens (including phenoxy) is 1. The number of benzene rings is 2. The summed E-state index contributed by atoms with van der Waals surface area (Å²) in [5.41, 5.74) is -0.664. The Kier molecular flexibility index (Phi) is 5.54. The van der Waals surface area contributed by atoms with E-state index in [9.17, 15) is 27.9 Å². The number of hydrogen-bond acceptors (Lipinski definition) is 3. The van der Waals surface area contributed by atoms with E-state index in [-0.39, 0.29) is 35.1 Å². The van der Waals surface area contributed by atoms with Crippen LogP contribution in [0.1, 0.15) is 34.8 Å². The lowest BCUT2D eigenvalue weighted by atomic mass is 10.1. The number of carbonyl (C=O) groups is 2. The van der Waals surface area contributed by atoms with Crippen LogP contribution in [0.15, 0.2) is 36.4 Å². The Bertz CT molecular complexity index is 847. The van der Waals surface area contributed by atoms with Crippen LogP contribution >= 0.6 is 0 Å². The lowest BCUT2D eigenvalue weighted by Gasteiger charge is -2.13. The molecule has 0 bridgehead atoms. The van der Waals surface area contributed by atoms with E-state index in [0.29, 0.717) is 5.56 Å². The van der Waals surface area contributed by atoms with Gasteiger partial charge in [-0.15, -0.1) is 0 Å². The molecular formula is C18H16F3NO4. The number of alkyl halides is 3. The van der Waals surface area contributed by atoms with Gasteiger partial charge in [-0.05, 0) is 48.9 Å². The maximum absolute atomic E-state index is 12.9. The predicted octanol–water partition coefficient (Wildman–Crippen LogP) is 4.85. The lowest BCUT2D eigenvalue weighted by Crippen LogP contribution is -2.13. The molecule has 1 amide bonds. The Labute approximate surface area is 147 Å². The first-order chi connectivity index (χ1) is 12.1. The Hall–Kier alpha value is -3.03. The molecule has 0 heterocycles. The van der Waals surface area contributed by atoms with Gasteiger partial charge in [-0.1, -0.05) is 6.92 Å². The van der Waals surface area contributed by atoms with Crippen LogP contribution in [0, 0.1) is 6.92 Å². The summed E-state index contributed by atoms with van der Waals surface area (Å²) in [7, 11) is 0. The molecule has 0 unspecified atom stereocenters. The van der Waals surface area contributed by atoms with Gasteiger partial charge in [0.25, 0.3) is 0 Å². The van der Waals surface area contributed by atoms with Gasteiger partial charge >= 0.3 is 12.1 Å². The summed E-state index contributed by atoms with van der Waals surface area (Å²) in [6.45, 7) is 3.11. The van der Waals surface area contributed by atoms with Crippen LogP contribution in [-0.4, -0.2) is 17.0 Å². The Morgan fingerprint density at radius 1 is 1.12 bits per heavy atom. The highest BCUT2D eigenvalue weighted by Crippen LogP contribution is 2.34. The quantitative estimate of drug-likeness (QED) is 0.792. The molecule has 0 saturated heterocycles. The highest BCUT2D eigenvalue weighted by atomic mass is 19.4. The maximum Gasteiger partial charge on any atom is 0.416 e. The Morgan fingerprint density at radius 2 is 1.81 bits per heavy atom. The van der Waals surface area contributed by atoms with Crippen molar-refractivity contribution in [1.29, 1.82) is 0 Å². The maximum atomic E-state index is 12.9. The van der Waals surface area contributed by atoms with Gasteiger partial charge in [0.15, 0.2) is 0 Å². The average molecular weight is 367 g/mol. The zero-order valence-electron chi connectivity index (χ0n) is 14.0. The van der Waals surface area contributed by atoms with Crippen LogP contribution in [0.3, 0.4) is 0 Å². The molecule has 0 aliphatic rings. The number of aryl methyl sites for hydroxylation is 1. The van der Waals surface area contributed by atoms with Crippen molar-refractivity contribution in [2.24, 2.45) is 0 Å². The smallest absolute Gasteiger partial charge is 0.416 e. The SMILES string of the molecule is CCC(=O)Nc1ccc(Oc2cc(C)cc(C(F)(F)F)c2)cc1C(=O)O. The first-order valence-corrected chi connectivity index (χ1v) is 7.64. The van der Waals surface area contributed by atoms with Gasteiger partial charge in [-0.25, -0.2) is 4.79 Å². The second kappa shape index (κ2) is 7.47. The fraction of sp³-hybridized carbons (Fsp3) is 0.222. The summed E-state index contributed by atoms with van der Waals surface area (Å²) in [6.07, 6.45) is -4.36. The zero-order valence-corrected chi connectivity index (χ0v) is 14.0.